The number of aromatic hydroxyl groups is 1. The van der Waals surface area contributed by atoms with Gasteiger partial charge in [-0.25, -0.2) is 5.43 Å². The van der Waals surface area contributed by atoms with E-state index >= 15 is 0 Å². The molecule has 0 unspecified atom stereocenters. The molecule has 0 bridgehead atoms. The average Bonchev–Trinajstić information content (AvgIpc) is 2.66. The zero-order valence-corrected chi connectivity index (χ0v) is 16.0. The number of aryl methyl sites for hydroxylation is 2. The Morgan fingerprint density at radius 1 is 1.29 bits per heavy atom. The number of methoxy groups -OCH3 is 1. The maximum Gasteiger partial charge on any atom is 0.277 e. The average molecular weight is 387 g/mol. The summed E-state index contributed by atoms with van der Waals surface area (Å²) in [6.45, 7) is 5.49. The second-order valence-electron chi connectivity index (χ2n) is 6.08. The number of ether oxygens (including phenoxy) is 2. The number of benzene rings is 2. The maximum absolute atomic E-state index is 12.0. The SMILES string of the molecule is COc1cc([N+](=O)[O-])cc(/C=N/NC(=O)COc2c(C)ccc(C)c2C)c1O. The van der Waals surface area contributed by atoms with Crippen LogP contribution in [0.2, 0.25) is 0 Å². The highest BCUT2D eigenvalue weighted by Crippen LogP contribution is 2.33. The molecule has 2 rings (SSSR count). The fourth-order valence-corrected chi connectivity index (χ4v) is 2.47. The van der Waals surface area contributed by atoms with Crippen molar-refractivity contribution in [3.05, 3.63) is 56.6 Å². The lowest BCUT2D eigenvalue weighted by atomic mass is 10.1. The summed E-state index contributed by atoms with van der Waals surface area (Å²) in [7, 11) is 1.27. The van der Waals surface area contributed by atoms with Crippen LogP contribution in [0, 0.1) is 30.9 Å². The zero-order chi connectivity index (χ0) is 20.8. The fraction of sp³-hybridized carbons (Fsp3) is 0.263. The van der Waals surface area contributed by atoms with Gasteiger partial charge in [0.2, 0.25) is 0 Å². The minimum absolute atomic E-state index is 0.0256. The molecule has 0 aliphatic rings. The Labute approximate surface area is 161 Å². The molecule has 0 fully saturated rings. The van der Waals surface area contributed by atoms with Gasteiger partial charge in [0.1, 0.15) is 5.75 Å². The van der Waals surface area contributed by atoms with Gasteiger partial charge in [-0.2, -0.15) is 5.10 Å². The lowest BCUT2D eigenvalue weighted by Crippen LogP contribution is -2.25. The fourth-order valence-electron chi connectivity index (χ4n) is 2.47. The molecule has 0 saturated heterocycles. The Morgan fingerprint density at radius 2 is 1.96 bits per heavy atom. The summed E-state index contributed by atoms with van der Waals surface area (Å²) < 4.78 is 10.5. The normalized spacial score (nSPS) is 10.7. The van der Waals surface area contributed by atoms with E-state index in [2.05, 4.69) is 10.5 Å². The summed E-state index contributed by atoms with van der Waals surface area (Å²) in [6.07, 6.45) is 1.09. The summed E-state index contributed by atoms with van der Waals surface area (Å²) in [6, 6.07) is 6.09. The van der Waals surface area contributed by atoms with E-state index in [1.54, 1.807) is 0 Å². The van der Waals surface area contributed by atoms with Crippen LogP contribution >= 0.6 is 0 Å². The second-order valence-corrected chi connectivity index (χ2v) is 6.08. The number of hydrogen-bond acceptors (Lipinski definition) is 7. The van der Waals surface area contributed by atoms with E-state index in [4.69, 9.17) is 9.47 Å². The summed E-state index contributed by atoms with van der Waals surface area (Å²) in [4.78, 5) is 22.3. The largest absolute Gasteiger partial charge is 0.504 e. The molecule has 9 heteroatoms. The van der Waals surface area contributed by atoms with Crippen LogP contribution in [0.1, 0.15) is 22.3 Å². The summed E-state index contributed by atoms with van der Waals surface area (Å²) in [5.41, 5.74) is 4.91. The monoisotopic (exact) mass is 387 g/mol. The molecule has 0 heterocycles. The zero-order valence-electron chi connectivity index (χ0n) is 16.0. The van der Waals surface area contributed by atoms with Gasteiger partial charge in [-0.1, -0.05) is 12.1 Å². The standard InChI is InChI=1S/C19H21N3O6/c1-11-5-6-12(2)19(13(11)3)28-10-17(23)21-20-9-14-7-15(22(25)26)8-16(27-4)18(14)24/h5-9,24H,10H2,1-4H3,(H,21,23)/b20-9+. The number of nitrogens with one attached hydrogen (secondary N) is 1. The Hall–Kier alpha value is -3.62. The molecule has 0 saturated carbocycles. The van der Waals surface area contributed by atoms with Crippen LogP contribution in [0.3, 0.4) is 0 Å². The van der Waals surface area contributed by atoms with Crippen LogP contribution in [0.5, 0.6) is 17.2 Å². The molecule has 2 aromatic carbocycles. The summed E-state index contributed by atoms with van der Waals surface area (Å²) in [5.74, 6) is -0.280. The first-order chi connectivity index (χ1) is 13.2. The number of carbonyl (C=O) groups excluding carboxylic acids is 1. The number of phenolic OH excluding ortho intramolecular Hbond substituents is 1. The summed E-state index contributed by atoms with van der Waals surface area (Å²) in [5, 5.41) is 24.7. The van der Waals surface area contributed by atoms with Crippen molar-refractivity contribution in [3.8, 4) is 17.2 Å². The Morgan fingerprint density at radius 3 is 2.61 bits per heavy atom. The van der Waals surface area contributed by atoms with E-state index in [0.717, 1.165) is 35.0 Å². The summed E-state index contributed by atoms with van der Waals surface area (Å²) >= 11 is 0. The first kappa shape index (κ1) is 20.7. The highest BCUT2D eigenvalue weighted by atomic mass is 16.6. The molecule has 0 aliphatic heterocycles. The Kier molecular flexibility index (Phi) is 6.54. The highest BCUT2D eigenvalue weighted by molar-refractivity contribution is 5.87. The van der Waals surface area contributed by atoms with Crippen molar-refractivity contribution in [1.29, 1.82) is 0 Å². The predicted molar refractivity (Wildman–Crippen MR) is 103 cm³/mol. The van der Waals surface area contributed by atoms with E-state index in [0.29, 0.717) is 5.75 Å². The quantitative estimate of drug-likeness (QED) is 0.428. The Balaban J connectivity index is 2.05. The lowest BCUT2D eigenvalue weighted by molar-refractivity contribution is -0.385. The van der Waals surface area contributed by atoms with Gasteiger partial charge >= 0.3 is 0 Å². The van der Waals surface area contributed by atoms with Gasteiger partial charge in [0.25, 0.3) is 11.6 Å². The van der Waals surface area contributed by atoms with Gasteiger partial charge in [0, 0.05) is 11.6 Å². The van der Waals surface area contributed by atoms with Crippen molar-refractivity contribution in [3.63, 3.8) is 0 Å². The number of nitro benzene ring substituents is 1. The molecule has 0 radical (unpaired) electrons. The van der Waals surface area contributed by atoms with Crippen LogP contribution in [0.25, 0.3) is 0 Å². The van der Waals surface area contributed by atoms with Crippen molar-refractivity contribution in [2.24, 2.45) is 5.10 Å². The third-order valence-corrected chi connectivity index (χ3v) is 4.13. The van der Waals surface area contributed by atoms with Gasteiger partial charge < -0.3 is 14.6 Å². The molecule has 2 N–H and O–H groups in total. The van der Waals surface area contributed by atoms with E-state index in [1.165, 1.54) is 7.11 Å². The molecule has 0 aliphatic carbocycles. The molecule has 148 valence electrons. The maximum atomic E-state index is 12.0. The van der Waals surface area contributed by atoms with Gasteiger partial charge in [0.05, 0.1) is 24.3 Å². The third-order valence-electron chi connectivity index (χ3n) is 4.13. The molecule has 9 nitrogen and oxygen atoms in total. The number of rotatable bonds is 7. The Bertz CT molecular complexity index is 940. The van der Waals surface area contributed by atoms with Crippen LogP contribution in [0.15, 0.2) is 29.4 Å². The minimum Gasteiger partial charge on any atom is -0.504 e. The number of nitrogens with zero attached hydrogens (tertiary/aromatic N) is 2. The van der Waals surface area contributed by atoms with Gasteiger partial charge in [-0.3, -0.25) is 14.9 Å². The van der Waals surface area contributed by atoms with Crippen LogP contribution in [-0.4, -0.2) is 35.9 Å². The third kappa shape index (κ3) is 4.76. The molecule has 0 spiro atoms. The van der Waals surface area contributed by atoms with Gasteiger partial charge in [-0.15, -0.1) is 0 Å². The highest BCUT2D eigenvalue weighted by Gasteiger charge is 2.16. The molecule has 1 amide bonds. The molecule has 0 atom stereocenters. The number of hydrogen-bond donors (Lipinski definition) is 2. The second kappa shape index (κ2) is 8.85. The predicted octanol–water partition coefficient (Wildman–Crippen LogP) is 2.76. The van der Waals surface area contributed by atoms with E-state index < -0.39 is 10.8 Å². The van der Waals surface area contributed by atoms with Crippen molar-refractivity contribution in [2.45, 2.75) is 20.8 Å². The van der Waals surface area contributed by atoms with Crippen LogP contribution in [-0.2, 0) is 4.79 Å². The van der Waals surface area contributed by atoms with E-state index in [9.17, 15) is 20.0 Å². The van der Waals surface area contributed by atoms with Gasteiger partial charge in [0.15, 0.2) is 18.1 Å². The molecule has 2 aromatic rings. The number of phenols is 1. The molecular formula is C19H21N3O6. The first-order valence-electron chi connectivity index (χ1n) is 8.31. The number of carbonyl (C=O) groups is 1. The molecule has 0 aromatic heterocycles. The minimum atomic E-state index is -0.627. The van der Waals surface area contributed by atoms with Crippen LogP contribution in [0.4, 0.5) is 5.69 Å². The van der Waals surface area contributed by atoms with E-state index in [1.807, 2.05) is 32.9 Å². The van der Waals surface area contributed by atoms with Crippen LogP contribution < -0.4 is 14.9 Å². The molecule has 28 heavy (non-hydrogen) atoms. The van der Waals surface area contributed by atoms with Crippen molar-refractivity contribution in [1.82, 2.24) is 5.43 Å². The number of hydrazone groups is 1. The lowest BCUT2D eigenvalue weighted by Gasteiger charge is -2.13. The smallest absolute Gasteiger partial charge is 0.277 e. The number of non-ortho nitro benzene ring substituents is 1. The number of amides is 1. The first-order valence-corrected chi connectivity index (χ1v) is 8.31. The van der Waals surface area contributed by atoms with Crippen molar-refractivity contribution in [2.75, 3.05) is 13.7 Å². The van der Waals surface area contributed by atoms with Gasteiger partial charge in [-0.05, 0) is 37.5 Å². The molecular weight excluding hydrogens is 366 g/mol. The van der Waals surface area contributed by atoms with Crippen molar-refractivity contribution >= 4 is 17.8 Å². The topological polar surface area (TPSA) is 123 Å². The number of nitro groups is 1. The van der Waals surface area contributed by atoms with Crippen molar-refractivity contribution < 1.29 is 24.3 Å². The van der Waals surface area contributed by atoms with E-state index in [-0.39, 0.29) is 29.4 Å².